The van der Waals surface area contributed by atoms with Gasteiger partial charge in [-0.3, -0.25) is 19.3 Å². The molecule has 1 N–H and O–H groups in total. The Morgan fingerprint density at radius 1 is 1.25 bits per heavy atom. The number of aromatic nitrogens is 5. The monoisotopic (exact) mass is 378 g/mol. The van der Waals surface area contributed by atoms with Gasteiger partial charge in [-0.15, -0.1) is 0 Å². The first-order chi connectivity index (χ1) is 13.5. The lowest BCUT2D eigenvalue weighted by Gasteiger charge is -2.22. The molecule has 144 valence electrons. The third-order valence-corrected chi connectivity index (χ3v) is 5.22. The van der Waals surface area contributed by atoms with Crippen LogP contribution in [0.3, 0.4) is 0 Å². The van der Waals surface area contributed by atoms with Crippen molar-refractivity contribution in [2.45, 2.75) is 32.2 Å². The SMILES string of the molecule is Cc1ccnn1[C@@H](C)C(=O)N1CC[C@@H](c2nc(-c3ccncc3)cc(=O)[nH]2)C1. The molecule has 2 atom stereocenters. The van der Waals surface area contributed by atoms with Gasteiger partial charge in [0.15, 0.2) is 0 Å². The summed E-state index contributed by atoms with van der Waals surface area (Å²) in [6.45, 7) is 4.96. The van der Waals surface area contributed by atoms with Crippen molar-refractivity contribution in [1.82, 2.24) is 29.6 Å². The van der Waals surface area contributed by atoms with Crippen LogP contribution in [0.4, 0.5) is 0 Å². The van der Waals surface area contributed by atoms with Crippen LogP contribution in [0.5, 0.6) is 0 Å². The molecule has 8 nitrogen and oxygen atoms in total. The molecule has 0 aliphatic carbocycles. The van der Waals surface area contributed by atoms with Gasteiger partial charge in [0.1, 0.15) is 11.9 Å². The Morgan fingerprint density at radius 2 is 2.04 bits per heavy atom. The number of hydrogen-bond donors (Lipinski definition) is 1. The van der Waals surface area contributed by atoms with Gasteiger partial charge in [-0.05, 0) is 38.5 Å². The lowest BCUT2D eigenvalue weighted by Crippen LogP contribution is -2.35. The van der Waals surface area contributed by atoms with E-state index in [-0.39, 0.29) is 23.4 Å². The summed E-state index contributed by atoms with van der Waals surface area (Å²) in [5, 5.41) is 4.25. The van der Waals surface area contributed by atoms with E-state index in [1.54, 1.807) is 23.3 Å². The fourth-order valence-corrected chi connectivity index (χ4v) is 3.68. The molecule has 3 aromatic rings. The predicted octanol–water partition coefficient (Wildman–Crippen LogP) is 1.91. The van der Waals surface area contributed by atoms with E-state index in [1.165, 1.54) is 6.07 Å². The van der Waals surface area contributed by atoms with Gasteiger partial charge >= 0.3 is 0 Å². The number of carbonyl (C=O) groups is 1. The van der Waals surface area contributed by atoms with Crippen LogP contribution in [0, 0.1) is 6.92 Å². The van der Waals surface area contributed by atoms with E-state index < -0.39 is 0 Å². The summed E-state index contributed by atoms with van der Waals surface area (Å²) in [4.78, 5) is 38.4. The summed E-state index contributed by atoms with van der Waals surface area (Å²) in [6, 6.07) is 6.66. The Bertz CT molecular complexity index is 1040. The fraction of sp³-hybridized carbons (Fsp3) is 0.350. The van der Waals surface area contributed by atoms with Gasteiger partial charge in [0.2, 0.25) is 5.91 Å². The van der Waals surface area contributed by atoms with E-state index in [1.807, 2.05) is 36.9 Å². The molecule has 28 heavy (non-hydrogen) atoms. The number of aromatic amines is 1. The van der Waals surface area contributed by atoms with E-state index in [9.17, 15) is 9.59 Å². The number of nitrogens with one attached hydrogen (secondary N) is 1. The Balaban J connectivity index is 1.53. The number of aryl methyl sites for hydroxylation is 1. The average molecular weight is 378 g/mol. The molecule has 3 aromatic heterocycles. The van der Waals surface area contributed by atoms with Gasteiger partial charge in [-0.2, -0.15) is 5.10 Å². The molecule has 4 rings (SSSR count). The maximum Gasteiger partial charge on any atom is 0.251 e. The molecule has 1 fully saturated rings. The topological polar surface area (TPSA) is 96.8 Å². The number of hydrogen-bond acceptors (Lipinski definition) is 5. The van der Waals surface area contributed by atoms with Crippen molar-refractivity contribution in [2.24, 2.45) is 0 Å². The van der Waals surface area contributed by atoms with Crippen molar-refractivity contribution in [3.63, 3.8) is 0 Å². The highest BCUT2D eigenvalue weighted by Crippen LogP contribution is 2.27. The van der Waals surface area contributed by atoms with Crippen LogP contribution in [0.25, 0.3) is 11.3 Å². The number of amides is 1. The van der Waals surface area contributed by atoms with Crippen molar-refractivity contribution in [1.29, 1.82) is 0 Å². The third-order valence-electron chi connectivity index (χ3n) is 5.22. The number of carbonyl (C=O) groups excluding carboxylic acids is 1. The Hall–Kier alpha value is -3.29. The van der Waals surface area contributed by atoms with Gasteiger partial charge in [-0.1, -0.05) is 0 Å². The van der Waals surface area contributed by atoms with Crippen molar-refractivity contribution < 1.29 is 4.79 Å². The smallest absolute Gasteiger partial charge is 0.251 e. The normalized spacial score (nSPS) is 17.6. The number of rotatable bonds is 4. The minimum absolute atomic E-state index is 0.00403. The number of nitrogens with zero attached hydrogens (tertiary/aromatic N) is 5. The number of pyridine rings is 1. The molecule has 1 amide bonds. The fourth-order valence-electron chi connectivity index (χ4n) is 3.68. The number of likely N-dealkylation sites (tertiary alicyclic amines) is 1. The maximum absolute atomic E-state index is 12.9. The highest BCUT2D eigenvalue weighted by molar-refractivity contribution is 5.80. The molecular weight excluding hydrogens is 356 g/mol. The molecule has 0 saturated carbocycles. The first-order valence-electron chi connectivity index (χ1n) is 9.33. The minimum Gasteiger partial charge on any atom is -0.340 e. The first kappa shape index (κ1) is 18.1. The Morgan fingerprint density at radius 3 is 2.75 bits per heavy atom. The van der Waals surface area contributed by atoms with Crippen LogP contribution in [-0.4, -0.2) is 48.6 Å². The maximum atomic E-state index is 12.9. The van der Waals surface area contributed by atoms with E-state index in [2.05, 4.69) is 20.1 Å². The summed E-state index contributed by atoms with van der Waals surface area (Å²) < 4.78 is 1.74. The number of H-pyrrole nitrogens is 1. The van der Waals surface area contributed by atoms with Crippen LogP contribution in [0.2, 0.25) is 0 Å². The van der Waals surface area contributed by atoms with Crippen molar-refractivity contribution in [3.05, 3.63) is 64.7 Å². The van der Waals surface area contributed by atoms with Crippen molar-refractivity contribution >= 4 is 5.91 Å². The third kappa shape index (κ3) is 3.45. The van der Waals surface area contributed by atoms with Crippen molar-refractivity contribution in [3.8, 4) is 11.3 Å². The highest BCUT2D eigenvalue weighted by atomic mass is 16.2. The predicted molar refractivity (Wildman–Crippen MR) is 104 cm³/mol. The van der Waals surface area contributed by atoms with Crippen LogP contribution in [-0.2, 0) is 4.79 Å². The first-order valence-corrected chi connectivity index (χ1v) is 9.33. The zero-order valence-corrected chi connectivity index (χ0v) is 15.9. The second-order valence-electron chi connectivity index (χ2n) is 7.11. The molecule has 1 aliphatic heterocycles. The standard InChI is InChI=1S/C20H22N6O2/c1-13-3-9-22-26(13)14(2)20(28)25-10-6-16(12-25)19-23-17(11-18(27)24-19)15-4-7-21-8-5-15/h3-5,7-9,11,14,16H,6,10,12H2,1-2H3,(H,23,24,27)/t14-,16+/m0/s1. The van der Waals surface area contributed by atoms with E-state index >= 15 is 0 Å². The summed E-state index contributed by atoms with van der Waals surface area (Å²) >= 11 is 0. The van der Waals surface area contributed by atoms with Gasteiger partial charge in [-0.25, -0.2) is 4.98 Å². The van der Waals surface area contributed by atoms with Gasteiger partial charge in [0, 0.05) is 54.9 Å². The van der Waals surface area contributed by atoms with Gasteiger partial charge in [0.05, 0.1) is 5.69 Å². The van der Waals surface area contributed by atoms with E-state index in [0.29, 0.717) is 24.6 Å². The van der Waals surface area contributed by atoms with Gasteiger partial charge < -0.3 is 9.88 Å². The van der Waals surface area contributed by atoms with Crippen LogP contribution in [0.1, 0.15) is 36.8 Å². The lowest BCUT2D eigenvalue weighted by molar-refractivity contribution is -0.133. The lowest BCUT2D eigenvalue weighted by atomic mass is 10.1. The van der Waals surface area contributed by atoms with Crippen LogP contribution in [0.15, 0.2) is 47.7 Å². The Labute approximate surface area is 162 Å². The largest absolute Gasteiger partial charge is 0.340 e. The summed E-state index contributed by atoms with van der Waals surface area (Å²) in [6.07, 6.45) is 5.81. The molecule has 0 aromatic carbocycles. The minimum atomic E-state index is -0.357. The van der Waals surface area contributed by atoms with E-state index in [4.69, 9.17) is 0 Å². The summed E-state index contributed by atoms with van der Waals surface area (Å²) in [5.41, 5.74) is 2.22. The molecule has 1 saturated heterocycles. The van der Waals surface area contributed by atoms with E-state index in [0.717, 1.165) is 17.7 Å². The van der Waals surface area contributed by atoms with Crippen LogP contribution >= 0.6 is 0 Å². The van der Waals surface area contributed by atoms with Crippen LogP contribution < -0.4 is 5.56 Å². The molecule has 0 spiro atoms. The highest BCUT2D eigenvalue weighted by Gasteiger charge is 2.32. The second kappa shape index (κ2) is 7.38. The zero-order chi connectivity index (χ0) is 19.7. The van der Waals surface area contributed by atoms with Crippen molar-refractivity contribution in [2.75, 3.05) is 13.1 Å². The molecule has 8 heteroatoms. The Kier molecular flexibility index (Phi) is 4.77. The summed E-state index contributed by atoms with van der Waals surface area (Å²) in [7, 11) is 0. The molecular formula is C20H22N6O2. The average Bonchev–Trinajstić information content (AvgIpc) is 3.36. The molecule has 4 heterocycles. The quantitative estimate of drug-likeness (QED) is 0.748. The van der Waals surface area contributed by atoms with Gasteiger partial charge in [0.25, 0.3) is 5.56 Å². The summed E-state index contributed by atoms with van der Waals surface area (Å²) in [5.74, 6) is 0.656. The molecule has 0 bridgehead atoms. The second-order valence-corrected chi connectivity index (χ2v) is 7.11. The molecule has 0 unspecified atom stereocenters. The molecule has 0 radical (unpaired) electrons. The zero-order valence-electron chi connectivity index (χ0n) is 15.9. The molecule has 1 aliphatic rings.